The van der Waals surface area contributed by atoms with E-state index >= 15 is 0 Å². The number of allylic oxidation sites excluding steroid dienone is 2. The van der Waals surface area contributed by atoms with Crippen molar-refractivity contribution in [1.82, 2.24) is 14.9 Å². The first-order chi connectivity index (χ1) is 17.4. The Labute approximate surface area is 212 Å². The summed E-state index contributed by atoms with van der Waals surface area (Å²) in [5.74, 6) is 2.81. The molecule has 0 radical (unpaired) electrons. The van der Waals surface area contributed by atoms with Crippen molar-refractivity contribution in [3.05, 3.63) is 70.5 Å². The van der Waals surface area contributed by atoms with Gasteiger partial charge in [0.05, 0.1) is 5.52 Å². The highest BCUT2D eigenvalue weighted by molar-refractivity contribution is 5.91. The van der Waals surface area contributed by atoms with E-state index in [0.717, 1.165) is 36.8 Å². The SMILES string of the molecule is Cc1ccc2c(N3CCC4(C=C(c5c(-c6c(C)cccc6C)noc5C5CC5)C4)CC3)nn(C)c2c1. The summed E-state index contributed by atoms with van der Waals surface area (Å²) < 4.78 is 8.07. The minimum Gasteiger partial charge on any atom is -0.360 e. The second-order valence-corrected chi connectivity index (χ2v) is 11.5. The van der Waals surface area contributed by atoms with Gasteiger partial charge in [0.25, 0.3) is 0 Å². The fraction of sp³-hybridized carbons (Fsp3) is 0.419. The van der Waals surface area contributed by atoms with Crippen LogP contribution < -0.4 is 4.90 Å². The molecule has 2 fully saturated rings. The topological polar surface area (TPSA) is 47.1 Å². The van der Waals surface area contributed by atoms with Gasteiger partial charge in [0.15, 0.2) is 5.82 Å². The van der Waals surface area contributed by atoms with Crippen LogP contribution in [0.1, 0.15) is 66.0 Å². The summed E-state index contributed by atoms with van der Waals surface area (Å²) in [6, 6.07) is 13.2. The Morgan fingerprint density at radius 3 is 2.39 bits per heavy atom. The van der Waals surface area contributed by atoms with Gasteiger partial charge in [0.2, 0.25) is 0 Å². The summed E-state index contributed by atoms with van der Waals surface area (Å²) in [5, 5.41) is 10.8. The van der Waals surface area contributed by atoms with E-state index < -0.39 is 0 Å². The summed E-state index contributed by atoms with van der Waals surface area (Å²) in [7, 11) is 2.06. The minimum absolute atomic E-state index is 0.295. The lowest BCUT2D eigenvalue weighted by molar-refractivity contribution is 0.277. The molecular formula is C31H34N4O. The Bertz CT molecular complexity index is 1510. The summed E-state index contributed by atoms with van der Waals surface area (Å²) in [4.78, 5) is 2.49. The molecule has 36 heavy (non-hydrogen) atoms. The number of piperidine rings is 1. The molecule has 4 aromatic rings. The molecule has 1 spiro atoms. The Hall–Kier alpha value is -3.34. The summed E-state index contributed by atoms with van der Waals surface area (Å²) in [6.07, 6.45) is 8.48. The second kappa shape index (κ2) is 7.83. The van der Waals surface area contributed by atoms with Gasteiger partial charge < -0.3 is 9.42 Å². The average Bonchev–Trinajstić information content (AvgIpc) is 3.52. The van der Waals surface area contributed by atoms with Crippen molar-refractivity contribution < 1.29 is 4.52 Å². The number of hydrogen-bond donors (Lipinski definition) is 0. The summed E-state index contributed by atoms with van der Waals surface area (Å²) >= 11 is 0. The first-order valence-electron chi connectivity index (χ1n) is 13.4. The molecule has 3 heterocycles. The van der Waals surface area contributed by atoms with Crippen molar-refractivity contribution >= 4 is 22.3 Å². The van der Waals surface area contributed by atoms with E-state index in [1.54, 1.807) is 0 Å². The number of aromatic nitrogens is 3. The number of rotatable bonds is 4. The van der Waals surface area contributed by atoms with Crippen LogP contribution in [0.2, 0.25) is 0 Å². The molecular weight excluding hydrogens is 444 g/mol. The first kappa shape index (κ1) is 21.9. The molecule has 2 aliphatic carbocycles. The zero-order valence-corrected chi connectivity index (χ0v) is 21.8. The van der Waals surface area contributed by atoms with Gasteiger partial charge in [-0.05, 0) is 92.7 Å². The molecule has 0 N–H and O–H groups in total. The maximum atomic E-state index is 6.03. The molecule has 5 nitrogen and oxygen atoms in total. The van der Waals surface area contributed by atoms with E-state index in [1.165, 1.54) is 70.0 Å². The lowest BCUT2D eigenvalue weighted by atomic mass is 9.63. The fourth-order valence-electron chi connectivity index (χ4n) is 6.54. The van der Waals surface area contributed by atoms with Gasteiger partial charge in [-0.3, -0.25) is 4.68 Å². The molecule has 0 amide bonds. The third-order valence-electron chi connectivity index (χ3n) is 8.77. The number of nitrogens with zero attached hydrogens (tertiary/aromatic N) is 4. The molecule has 1 saturated heterocycles. The highest BCUT2D eigenvalue weighted by atomic mass is 16.5. The second-order valence-electron chi connectivity index (χ2n) is 11.5. The van der Waals surface area contributed by atoms with Crippen molar-refractivity contribution in [3.8, 4) is 11.3 Å². The van der Waals surface area contributed by atoms with Gasteiger partial charge in [-0.15, -0.1) is 0 Å². The molecule has 0 bridgehead atoms. The number of benzene rings is 2. The lowest BCUT2D eigenvalue weighted by Crippen LogP contribution is -2.42. The van der Waals surface area contributed by atoms with E-state index in [9.17, 15) is 0 Å². The van der Waals surface area contributed by atoms with Crippen LogP contribution >= 0.6 is 0 Å². The molecule has 0 unspecified atom stereocenters. The Kier molecular flexibility index (Phi) is 4.76. The fourth-order valence-corrected chi connectivity index (χ4v) is 6.54. The van der Waals surface area contributed by atoms with Crippen LogP contribution in [0.15, 0.2) is 47.0 Å². The number of hydrogen-bond acceptors (Lipinski definition) is 4. The smallest absolute Gasteiger partial charge is 0.158 e. The van der Waals surface area contributed by atoms with E-state index in [-0.39, 0.29) is 0 Å². The van der Waals surface area contributed by atoms with Crippen LogP contribution in [0.5, 0.6) is 0 Å². The van der Waals surface area contributed by atoms with E-state index in [1.807, 2.05) is 4.68 Å². The van der Waals surface area contributed by atoms with E-state index in [4.69, 9.17) is 9.62 Å². The van der Waals surface area contributed by atoms with Crippen molar-refractivity contribution in [1.29, 1.82) is 0 Å². The van der Waals surface area contributed by atoms with Gasteiger partial charge in [-0.25, -0.2) is 0 Å². The van der Waals surface area contributed by atoms with Crippen LogP contribution in [0.25, 0.3) is 27.7 Å². The summed E-state index contributed by atoms with van der Waals surface area (Å²) in [5.41, 5.74) is 10.4. The molecule has 184 valence electrons. The van der Waals surface area contributed by atoms with Crippen molar-refractivity contribution in [2.75, 3.05) is 18.0 Å². The molecule has 7 rings (SSSR count). The van der Waals surface area contributed by atoms with Crippen LogP contribution in [-0.4, -0.2) is 28.0 Å². The third kappa shape index (κ3) is 3.36. The van der Waals surface area contributed by atoms with Crippen LogP contribution in [0.3, 0.4) is 0 Å². The normalized spacial score (nSPS) is 19.1. The molecule has 1 aliphatic heterocycles. The molecule has 3 aliphatic rings. The monoisotopic (exact) mass is 478 g/mol. The van der Waals surface area contributed by atoms with Crippen LogP contribution in [0.4, 0.5) is 5.82 Å². The lowest BCUT2D eigenvalue weighted by Gasteiger charge is -2.46. The number of fused-ring (bicyclic) bond motifs is 1. The van der Waals surface area contributed by atoms with Crippen molar-refractivity contribution in [2.24, 2.45) is 12.5 Å². The van der Waals surface area contributed by atoms with Gasteiger partial charge in [0, 0.05) is 42.6 Å². The zero-order chi connectivity index (χ0) is 24.6. The molecule has 0 atom stereocenters. The first-order valence-corrected chi connectivity index (χ1v) is 13.4. The number of anilines is 1. The Balaban J connectivity index is 1.17. The van der Waals surface area contributed by atoms with E-state index in [0.29, 0.717) is 11.3 Å². The van der Waals surface area contributed by atoms with Gasteiger partial charge in [-0.1, -0.05) is 35.5 Å². The Morgan fingerprint density at radius 1 is 0.972 bits per heavy atom. The van der Waals surface area contributed by atoms with Crippen LogP contribution in [0, 0.1) is 26.2 Å². The summed E-state index contributed by atoms with van der Waals surface area (Å²) in [6.45, 7) is 8.62. The van der Waals surface area contributed by atoms with E-state index in [2.05, 4.69) is 80.3 Å². The van der Waals surface area contributed by atoms with Crippen LogP contribution in [-0.2, 0) is 7.05 Å². The molecule has 5 heteroatoms. The van der Waals surface area contributed by atoms with Gasteiger partial charge in [0.1, 0.15) is 11.5 Å². The average molecular weight is 479 g/mol. The quantitative estimate of drug-likeness (QED) is 0.314. The zero-order valence-electron chi connectivity index (χ0n) is 21.8. The largest absolute Gasteiger partial charge is 0.360 e. The van der Waals surface area contributed by atoms with Crippen molar-refractivity contribution in [2.45, 2.75) is 58.8 Å². The number of aryl methyl sites for hydroxylation is 4. The maximum absolute atomic E-state index is 6.03. The van der Waals surface area contributed by atoms with Gasteiger partial charge >= 0.3 is 0 Å². The van der Waals surface area contributed by atoms with Gasteiger partial charge in [-0.2, -0.15) is 5.10 Å². The standard InChI is InChI=1S/C31H34N4O/c1-19-8-11-24-25(16-19)34(4)32-30(24)35-14-12-31(13-15-35)17-23(18-31)27-28(33-36-29(27)22-9-10-22)26-20(2)6-5-7-21(26)3/h5-8,11,16-17,22H,9-10,12-15,18H2,1-4H3. The molecule has 2 aromatic heterocycles. The molecule has 1 saturated carbocycles. The molecule has 2 aromatic carbocycles. The predicted octanol–water partition coefficient (Wildman–Crippen LogP) is 7.10. The highest BCUT2D eigenvalue weighted by Crippen LogP contribution is 2.56. The maximum Gasteiger partial charge on any atom is 0.158 e. The third-order valence-corrected chi connectivity index (χ3v) is 8.77. The predicted molar refractivity (Wildman–Crippen MR) is 145 cm³/mol. The van der Waals surface area contributed by atoms with Crippen molar-refractivity contribution in [3.63, 3.8) is 0 Å². The Morgan fingerprint density at radius 2 is 1.69 bits per heavy atom. The highest BCUT2D eigenvalue weighted by Gasteiger charge is 2.44. The minimum atomic E-state index is 0.295.